The summed E-state index contributed by atoms with van der Waals surface area (Å²) >= 11 is 0. The van der Waals surface area contributed by atoms with E-state index in [0.717, 1.165) is 0 Å². The van der Waals surface area contributed by atoms with Crippen molar-refractivity contribution in [3.05, 3.63) is 29.8 Å². The normalized spacial score (nSPS) is 10.9. The summed E-state index contributed by atoms with van der Waals surface area (Å²) in [6.07, 6.45) is 0. The predicted molar refractivity (Wildman–Crippen MR) is 80.5 cm³/mol. The van der Waals surface area contributed by atoms with E-state index in [9.17, 15) is 18.0 Å². The maximum absolute atomic E-state index is 11.7. The average Bonchev–Trinajstić information content (AvgIpc) is 2.45. The fourth-order valence-electron chi connectivity index (χ4n) is 1.45. The van der Waals surface area contributed by atoms with Crippen molar-refractivity contribution in [1.82, 2.24) is 10.6 Å². The van der Waals surface area contributed by atoms with Crippen molar-refractivity contribution >= 4 is 27.3 Å². The summed E-state index contributed by atoms with van der Waals surface area (Å²) in [5.41, 5.74) is 6.44. The van der Waals surface area contributed by atoms with E-state index in [1.807, 2.05) is 0 Å². The second-order valence-corrected chi connectivity index (χ2v) is 6.86. The highest BCUT2D eigenvalue weighted by Crippen LogP contribution is 2.04. The first-order chi connectivity index (χ1) is 9.84. The van der Waals surface area contributed by atoms with Crippen LogP contribution in [-0.4, -0.2) is 44.8 Å². The van der Waals surface area contributed by atoms with Crippen molar-refractivity contribution in [3.8, 4) is 0 Å². The van der Waals surface area contributed by atoms with Crippen LogP contribution >= 0.6 is 0 Å². The lowest BCUT2D eigenvalue weighted by Gasteiger charge is -2.07. The molecule has 0 saturated carbocycles. The number of anilines is 1. The molecule has 4 N–H and O–H groups in total. The van der Waals surface area contributed by atoms with Crippen LogP contribution in [-0.2, 0) is 14.6 Å². The van der Waals surface area contributed by atoms with Crippen molar-refractivity contribution in [2.24, 2.45) is 0 Å². The van der Waals surface area contributed by atoms with E-state index in [1.54, 1.807) is 31.2 Å². The van der Waals surface area contributed by atoms with Gasteiger partial charge in [-0.25, -0.2) is 8.42 Å². The molecule has 0 aliphatic heterocycles. The minimum atomic E-state index is -3.11. The largest absolute Gasteiger partial charge is 0.399 e. The van der Waals surface area contributed by atoms with Gasteiger partial charge in [0.25, 0.3) is 5.91 Å². The Morgan fingerprint density at radius 1 is 1.14 bits per heavy atom. The third-order valence-corrected chi connectivity index (χ3v) is 4.46. The van der Waals surface area contributed by atoms with Crippen LogP contribution in [0.15, 0.2) is 24.3 Å². The van der Waals surface area contributed by atoms with Gasteiger partial charge in [-0.1, -0.05) is 6.92 Å². The van der Waals surface area contributed by atoms with Crippen LogP contribution in [0.4, 0.5) is 5.69 Å². The molecule has 0 spiro atoms. The molecular formula is C13H19N3O4S. The van der Waals surface area contributed by atoms with E-state index < -0.39 is 21.7 Å². The molecule has 0 atom stereocenters. The highest BCUT2D eigenvalue weighted by molar-refractivity contribution is 7.91. The zero-order chi connectivity index (χ0) is 15.9. The average molecular weight is 313 g/mol. The van der Waals surface area contributed by atoms with Crippen molar-refractivity contribution in [1.29, 1.82) is 0 Å². The van der Waals surface area contributed by atoms with E-state index in [-0.39, 0.29) is 24.6 Å². The number of carbonyl (C=O) groups is 2. The molecule has 1 rings (SSSR count). The molecule has 0 aromatic heterocycles. The Morgan fingerprint density at radius 2 is 1.76 bits per heavy atom. The third-order valence-electron chi connectivity index (χ3n) is 2.76. The molecule has 0 fully saturated rings. The summed E-state index contributed by atoms with van der Waals surface area (Å²) in [4.78, 5) is 23.2. The van der Waals surface area contributed by atoms with E-state index in [0.29, 0.717) is 11.3 Å². The minimum Gasteiger partial charge on any atom is -0.399 e. The van der Waals surface area contributed by atoms with E-state index in [4.69, 9.17) is 5.73 Å². The highest BCUT2D eigenvalue weighted by atomic mass is 32.2. The van der Waals surface area contributed by atoms with Crippen LogP contribution in [0.5, 0.6) is 0 Å². The third kappa shape index (κ3) is 6.26. The summed E-state index contributed by atoms with van der Waals surface area (Å²) in [5, 5.41) is 4.87. The van der Waals surface area contributed by atoms with E-state index >= 15 is 0 Å². The van der Waals surface area contributed by atoms with Crippen LogP contribution in [0, 0.1) is 0 Å². The number of benzene rings is 1. The summed E-state index contributed by atoms with van der Waals surface area (Å²) in [6, 6.07) is 6.28. The van der Waals surface area contributed by atoms with Gasteiger partial charge in [0, 0.05) is 23.5 Å². The van der Waals surface area contributed by atoms with Gasteiger partial charge in [0.05, 0.1) is 12.3 Å². The number of nitrogen functional groups attached to an aromatic ring is 1. The Kier molecular flexibility index (Phi) is 6.16. The lowest BCUT2D eigenvalue weighted by molar-refractivity contribution is -0.120. The zero-order valence-electron chi connectivity index (χ0n) is 11.8. The summed E-state index contributed by atoms with van der Waals surface area (Å²) in [6.45, 7) is 1.37. The number of hydrogen-bond acceptors (Lipinski definition) is 5. The molecule has 21 heavy (non-hydrogen) atoms. The molecule has 7 nitrogen and oxygen atoms in total. The SMILES string of the molecule is CCS(=O)(=O)CCNC(=O)CNC(=O)c1ccc(N)cc1. The molecule has 0 bridgehead atoms. The molecular weight excluding hydrogens is 294 g/mol. The number of nitrogens with two attached hydrogens (primary N) is 1. The van der Waals surface area contributed by atoms with Gasteiger partial charge in [-0.3, -0.25) is 9.59 Å². The number of rotatable bonds is 7. The standard InChI is InChI=1S/C13H19N3O4S/c1-2-21(19,20)8-7-15-12(17)9-16-13(18)10-3-5-11(14)6-4-10/h3-6H,2,7-9,14H2,1H3,(H,15,17)(H,16,18). The van der Waals surface area contributed by atoms with Gasteiger partial charge in [-0.2, -0.15) is 0 Å². The molecule has 2 amide bonds. The Labute approximate surface area is 123 Å². The van der Waals surface area contributed by atoms with Crippen molar-refractivity contribution in [2.45, 2.75) is 6.92 Å². The molecule has 0 saturated heterocycles. The van der Waals surface area contributed by atoms with Gasteiger partial charge in [0.15, 0.2) is 9.84 Å². The van der Waals surface area contributed by atoms with Crippen molar-refractivity contribution in [2.75, 3.05) is 30.3 Å². The molecule has 1 aromatic rings. The monoisotopic (exact) mass is 313 g/mol. The number of carbonyl (C=O) groups excluding carboxylic acids is 2. The van der Waals surface area contributed by atoms with Crippen LogP contribution in [0.25, 0.3) is 0 Å². The molecule has 0 radical (unpaired) electrons. The summed E-state index contributed by atoms with van der Waals surface area (Å²) in [5.74, 6) is -0.908. The first kappa shape index (κ1) is 17.0. The van der Waals surface area contributed by atoms with E-state index in [1.165, 1.54) is 0 Å². The molecule has 116 valence electrons. The van der Waals surface area contributed by atoms with Gasteiger partial charge < -0.3 is 16.4 Å². The molecule has 1 aromatic carbocycles. The minimum absolute atomic E-state index is 0.0345. The lowest BCUT2D eigenvalue weighted by atomic mass is 10.2. The number of hydrogen-bond donors (Lipinski definition) is 3. The first-order valence-corrected chi connectivity index (χ1v) is 8.27. The smallest absolute Gasteiger partial charge is 0.251 e. The second-order valence-electron chi connectivity index (χ2n) is 4.39. The summed E-state index contributed by atoms with van der Waals surface area (Å²) in [7, 11) is -3.11. The maximum Gasteiger partial charge on any atom is 0.251 e. The van der Waals surface area contributed by atoms with Crippen LogP contribution in [0.2, 0.25) is 0 Å². The van der Waals surface area contributed by atoms with Crippen molar-refractivity contribution in [3.63, 3.8) is 0 Å². The predicted octanol–water partition coefficient (Wildman–Crippen LogP) is -0.450. The second kappa shape index (κ2) is 7.63. The molecule has 0 aliphatic rings. The fourth-order valence-corrected chi connectivity index (χ4v) is 2.15. The Balaban J connectivity index is 2.33. The first-order valence-electron chi connectivity index (χ1n) is 6.45. The Morgan fingerprint density at radius 3 is 2.33 bits per heavy atom. The van der Waals surface area contributed by atoms with Gasteiger partial charge in [-0.05, 0) is 24.3 Å². The number of nitrogens with one attached hydrogen (secondary N) is 2. The molecule has 0 unspecified atom stereocenters. The van der Waals surface area contributed by atoms with E-state index in [2.05, 4.69) is 10.6 Å². The molecule has 8 heteroatoms. The highest BCUT2D eigenvalue weighted by Gasteiger charge is 2.10. The van der Waals surface area contributed by atoms with Crippen molar-refractivity contribution < 1.29 is 18.0 Å². The lowest BCUT2D eigenvalue weighted by Crippen LogP contribution is -2.38. The van der Waals surface area contributed by atoms with Gasteiger partial charge in [0.1, 0.15) is 0 Å². The fraction of sp³-hybridized carbons (Fsp3) is 0.385. The van der Waals surface area contributed by atoms with Gasteiger partial charge in [0.2, 0.25) is 5.91 Å². The zero-order valence-corrected chi connectivity index (χ0v) is 12.6. The number of amides is 2. The Bertz CT molecular complexity index is 596. The molecule has 0 aliphatic carbocycles. The van der Waals surface area contributed by atoms with Crippen LogP contribution in [0.3, 0.4) is 0 Å². The maximum atomic E-state index is 11.7. The topological polar surface area (TPSA) is 118 Å². The summed E-state index contributed by atoms with van der Waals surface area (Å²) < 4.78 is 22.5. The van der Waals surface area contributed by atoms with Gasteiger partial charge in [-0.15, -0.1) is 0 Å². The number of sulfone groups is 1. The van der Waals surface area contributed by atoms with Crippen LogP contribution < -0.4 is 16.4 Å². The van der Waals surface area contributed by atoms with Gasteiger partial charge >= 0.3 is 0 Å². The van der Waals surface area contributed by atoms with Crippen LogP contribution in [0.1, 0.15) is 17.3 Å². The Hall–Kier alpha value is -2.09. The molecule has 0 heterocycles. The quantitative estimate of drug-likeness (QED) is 0.589.